The van der Waals surface area contributed by atoms with Crippen molar-refractivity contribution in [2.75, 3.05) is 5.32 Å². The number of nitrogens with zero attached hydrogens (tertiary/aromatic N) is 2. The van der Waals surface area contributed by atoms with Crippen LogP contribution < -0.4 is 5.32 Å². The van der Waals surface area contributed by atoms with Crippen LogP contribution >= 0.6 is 11.3 Å². The van der Waals surface area contributed by atoms with Gasteiger partial charge < -0.3 is 5.32 Å². The summed E-state index contributed by atoms with van der Waals surface area (Å²) in [4.78, 5) is 28.9. The van der Waals surface area contributed by atoms with Crippen LogP contribution in [0.2, 0.25) is 0 Å². The molecule has 0 spiro atoms. The molecule has 7 heteroatoms. The highest BCUT2D eigenvalue weighted by atomic mass is 32.1. The molecule has 32 heavy (non-hydrogen) atoms. The van der Waals surface area contributed by atoms with Crippen molar-refractivity contribution in [3.05, 3.63) is 63.7 Å². The lowest BCUT2D eigenvalue weighted by Crippen LogP contribution is -2.57. The van der Waals surface area contributed by atoms with E-state index >= 15 is 0 Å². The van der Waals surface area contributed by atoms with E-state index in [1.807, 2.05) is 0 Å². The van der Waals surface area contributed by atoms with E-state index in [4.69, 9.17) is 0 Å². The van der Waals surface area contributed by atoms with Gasteiger partial charge in [0.05, 0.1) is 20.6 Å². The summed E-state index contributed by atoms with van der Waals surface area (Å²) in [5.74, 6) is 1.28. The van der Waals surface area contributed by atoms with E-state index in [-0.39, 0.29) is 22.4 Å². The maximum Gasteiger partial charge on any atom is 0.270 e. The Bertz CT molecular complexity index is 1240. The summed E-state index contributed by atoms with van der Waals surface area (Å²) in [6.45, 7) is 2.12. The van der Waals surface area contributed by atoms with E-state index in [1.165, 1.54) is 53.9 Å². The van der Waals surface area contributed by atoms with Crippen LogP contribution in [0, 0.1) is 34.3 Å². The van der Waals surface area contributed by atoms with Crippen molar-refractivity contribution in [2.45, 2.75) is 50.9 Å². The molecular weight excluding hydrogens is 422 g/mol. The molecule has 4 fully saturated rings. The molecule has 1 amide bonds. The summed E-state index contributed by atoms with van der Waals surface area (Å²) in [5, 5.41) is 14.7. The molecule has 6 nitrogen and oxygen atoms in total. The lowest BCUT2D eigenvalue weighted by molar-refractivity contribution is -0.384. The van der Waals surface area contributed by atoms with Crippen LogP contribution in [0.25, 0.3) is 10.2 Å². The number of fused-ring (bicyclic) bond motifs is 1. The second kappa shape index (κ2) is 6.85. The Hall–Kier alpha value is -2.80. The maximum atomic E-state index is 13.7. The quantitative estimate of drug-likeness (QED) is 0.393. The molecule has 4 saturated carbocycles. The lowest BCUT2D eigenvalue weighted by atomic mass is 9.42. The van der Waals surface area contributed by atoms with Gasteiger partial charge in [-0.3, -0.25) is 14.9 Å². The summed E-state index contributed by atoms with van der Waals surface area (Å²) in [5.41, 5.74) is 3.13. The van der Waals surface area contributed by atoms with Gasteiger partial charge >= 0.3 is 0 Å². The number of rotatable bonds is 4. The Morgan fingerprint density at radius 2 is 1.84 bits per heavy atom. The number of nitro benzene ring substituents is 1. The molecule has 4 bridgehead atoms. The van der Waals surface area contributed by atoms with Crippen LogP contribution in [-0.2, 0) is 10.2 Å². The predicted molar refractivity (Wildman–Crippen MR) is 125 cm³/mol. The number of non-ortho nitro benzene ring substituents is 1. The molecule has 4 aliphatic carbocycles. The predicted octanol–water partition coefficient (Wildman–Crippen LogP) is 5.99. The zero-order chi connectivity index (χ0) is 22.1. The first-order valence-corrected chi connectivity index (χ1v) is 12.1. The fourth-order valence-electron chi connectivity index (χ4n) is 7.08. The first kappa shape index (κ1) is 19.9. The number of carbonyl (C=O) groups is 1. The van der Waals surface area contributed by atoms with E-state index in [1.54, 1.807) is 6.07 Å². The summed E-state index contributed by atoms with van der Waals surface area (Å²) in [7, 11) is 0. The molecule has 0 radical (unpaired) electrons. The Morgan fingerprint density at radius 3 is 2.53 bits per heavy atom. The number of amides is 1. The number of nitrogens with one attached hydrogen (secondary N) is 1. The van der Waals surface area contributed by atoms with Gasteiger partial charge in [0.15, 0.2) is 5.13 Å². The Balaban J connectivity index is 1.30. The van der Waals surface area contributed by atoms with Crippen LogP contribution in [0.5, 0.6) is 0 Å². The summed E-state index contributed by atoms with van der Waals surface area (Å²) in [6.07, 6.45) is 6.43. The van der Waals surface area contributed by atoms with Gasteiger partial charge in [-0.25, -0.2) is 4.98 Å². The number of nitro groups is 1. The third kappa shape index (κ3) is 3.05. The molecule has 3 aromatic rings. The minimum atomic E-state index is -0.405. The van der Waals surface area contributed by atoms with Crippen molar-refractivity contribution in [2.24, 2.45) is 17.3 Å². The van der Waals surface area contributed by atoms with Gasteiger partial charge in [-0.1, -0.05) is 41.2 Å². The monoisotopic (exact) mass is 447 g/mol. The minimum absolute atomic E-state index is 0.0418. The molecule has 7 rings (SSSR count). The number of aryl methyl sites for hydroxylation is 1. The highest BCUT2D eigenvalue weighted by molar-refractivity contribution is 7.22. The first-order valence-electron chi connectivity index (χ1n) is 11.3. The van der Waals surface area contributed by atoms with Crippen LogP contribution in [-0.4, -0.2) is 15.8 Å². The molecule has 164 valence electrons. The van der Waals surface area contributed by atoms with E-state index in [2.05, 4.69) is 41.5 Å². The van der Waals surface area contributed by atoms with Gasteiger partial charge in [0, 0.05) is 12.1 Å². The van der Waals surface area contributed by atoms with E-state index in [0.29, 0.717) is 22.5 Å². The minimum Gasteiger partial charge on any atom is -0.301 e. The fraction of sp³-hybridized carbons (Fsp3) is 0.440. The van der Waals surface area contributed by atoms with Gasteiger partial charge in [0.2, 0.25) is 5.91 Å². The molecule has 1 heterocycles. The number of hydrogen-bond donors (Lipinski definition) is 1. The Kier molecular flexibility index (Phi) is 4.25. The molecule has 1 N–H and O–H groups in total. The summed E-state index contributed by atoms with van der Waals surface area (Å²) < 4.78 is 0.719. The van der Waals surface area contributed by atoms with Gasteiger partial charge in [0.1, 0.15) is 0 Å². The van der Waals surface area contributed by atoms with Gasteiger partial charge in [-0.15, -0.1) is 0 Å². The van der Waals surface area contributed by atoms with Crippen molar-refractivity contribution in [3.8, 4) is 0 Å². The molecule has 2 unspecified atom stereocenters. The number of anilines is 1. The summed E-state index contributed by atoms with van der Waals surface area (Å²) >= 11 is 1.31. The average Bonchev–Trinajstić information content (AvgIpc) is 3.14. The highest BCUT2D eigenvalue weighted by Crippen LogP contribution is 2.66. The molecule has 2 aromatic carbocycles. The highest BCUT2D eigenvalue weighted by Gasteiger charge is 2.61. The normalized spacial score (nSPS) is 30.5. The summed E-state index contributed by atoms with van der Waals surface area (Å²) in [6, 6.07) is 13.6. The van der Waals surface area contributed by atoms with Crippen LogP contribution in [0.15, 0.2) is 42.5 Å². The van der Waals surface area contributed by atoms with Crippen LogP contribution in [0.1, 0.15) is 49.7 Å². The molecule has 2 atom stereocenters. The molecule has 1 aromatic heterocycles. The maximum absolute atomic E-state index is 13.7. The SMILES string of the molecule is Cc1ccc(C23CC4CC(CC(C(=O)Nc5nc6ccc([N+](=O)[O-])cc6s5)(C4)C2)C3)cc1. The lowest BCUT2D eigenvalue weighted by Gasteiger charge is -2.61. The van der Waals surface area contributed by atoms with Crippen LogP contribution in [0.4, 0.5) is 10.8 Å². The largest absolute Gasteiger partial charge is 0.301 e. The third-order valence-corrected chi connectivity index (χ3v) is 8.94. The Morgan fingerprint density at radius 1 is 1.12 bits per heavy atom. The smallest absolute Gasteiger partial charge is 0.270 e. The first-order chi connectivity index (χ1) is 15.3. The second-order valence-corrected chi connectivity index (χ2v) is 11.3. The zero-order valence-corrected chi connectivity index (χ0v) is 18.8. The third-order valence-electron chi connectivity index (χ3n) is 8.01. The number of aromatic nitrogens is 1. The fourth-order valence-corrected chi connectivity index (χ4v) is 7.98. The van der Waals surface area contributed by atoms with Gasteiger partial charge in [-0.2, -0.15) is 0 Å². The Labute approximate surface area is 190 Å². The molecular formula is C25H25N3O3S. The number of thiazole rings is 1. The number of benzene rings is 2. The molecule has 0 saturated heterocycles. The average molecular weight is 448 g/mol. The molecule has 0 aliphatic heterocycles. The van der Waals surface area contributed by atoms with Crippen molar-refractivity contribution in [3.63, 3.8) is 0 Å². The van der Waals surface area contributed by atoms with Gasteiger partial charge in [-0.05, 0) is 74.3 Å². The van der Waals surface area contributed by atoms with E-state index < -0.39 is 4.92 Å². The van der Waals surface area contributed by atoms with Crippen molar-refractivity contribution >= 4 is 38.3 Å². The van der Waals surface area contributed by atoms with E-state index in [0.717, 1.165) is 24.0 Å². The van der Waals surface area contributed by atoms with Crippen molar-refractivity contribution in [1.82, 2.24) is 4.98 Å². The number of hydrogen-bond acceptors (Lipinski definition) is 5. The topological polar surface area (TPSA) is 85.1 Å². The number of carbonyl (C=O) groups excluding carboxylic acids is 1. The zero-order valence-electron chi connectivity index (χ0n) is 18.0. The van der Waals surface area contributed by atoms with Gasteiger partial charge in [0.25, 0.3) is 5.69 Å². The van der Waals surface area contributed by atoms with E-state index in [9.17, 15) is 14.9 Å². The second-order valence-electron chi connectivity index (χ2n) is 10.3. The molecule has 4 aliphatic rings. The van der Waals surface area contributed by atoms with Crippen molar-refractivity contribution in [1.29, 1.82) is 0 Å². The van der Waals surface area contributed by atoms with Crippen LogP contribution in [0.3, 0.4) is 0 Å². The van der Waals surface area contributed by atoms with Crippen molar-refractivity contribution < 1.29 is 9.72 Å². The standard InChI is InChI=1S/C25H25N3O3S/c1-15-2-4-18(5-3-15)24-10-16-8-17(11-24)13-25(12-16,14-24)22(29)27-23-26-20-7-6-19(28(30)31)9-21(20)32-23/h2-7,9,16-17H,8,10-14H2,1H3,(H,26,27,29).